The van der Waals surface area contributed by atoms with E-state index in [0.29, 0.717) is 11.3 Å². The van der Waals surface area contributed by atoms with Crippen LogP contribution in [0.2, 0.25) is 0 Å². The van der Waals surface area contributed by atoms with Crippen LogP contribution in [0, 0.1) is 23.2 Å². The van der Waals surface area contributed by atoms with Gasteiger partial charge in [0.25, 0.3) is 0 Å². The highest BCUT2D eigenvalue weighted by Gasteiger charge is 2.01. The lowest BCUT2D eigenvalue weighted by atomic mass is 10.2. The summed E-state index contributed by atoms with van der Waals surface area (Å²) in [5, 5.41) is 17.5. The Labute approximate surface area is 121 Å². The van der Waals surface area contributed by atoms with Crippen LogP contribution >= 0.6 is 0 Å². The predicted molar refractivity (Wildman–Crippen MR) is 74.8 cm³/mol. The standard InChI is InChI=1S/C15H12N4O2/c16-9-14-13(10-18-19-14)7-4-8-17-15(20)21-11-12-5-2-1-3-6-12/h1-3,5-6,10H,8,11H2,(H,17,20)(H,18,19). The minimum Gasteiger partial charge on any atom is -0.445 e. The van der Waals surface area contributed by atoms with Crippen molar-refractivity contribution in [1.29, 1.82) is 5.26 Å². The van der Waals surface area contributed by atoms with Crippen LogP contribution in [0.15, 0.2) is 36.5 Å². The zero-order valence-electron chi connectivity index (χ0n) is 11.1. The van der Waals surface area contributed by atoms with E-state index in [-0.39, 0.29) is 13.2 Å². The molecule has 6 nitrogen and oxygen atoms in total. The number of alkyl carbamates (subject to hydrolysis) is 1. The molecule has 2 aromatic rings. The highest BCUT2D eigenvalue weighted by atomic mass is 16.5. The van der Waals surface area contributed by atoms with Crippen molar-refractivity contribution in [3.05, 3.63) is 53.3 Å². The fourth-order valence-electron chi connectivity index (χ4n) is 1.50. The maximum atomic E-state index is 11.4. The summed E-state index contributed by atoms with van der Waals surface area (Å²) < 4.78 is 5.02. The largest absolute Gasteiger partial charge is 0.445 e. The number of aromatic nitrogens is 2. The highest BCUT2D eigenvalue weighted by molar-refractivity contribution is 5.67. The molecule has 0 unspecified atom stereocenters. The van der Waals surface area contributed by atoms with Gasteiger partial charge in [0.1, 0.15) is 12.7 Å². The number of carbonyl (C=O) groups excluding carboxylic acids is 1. The molecule has 104 valence electrons. The van der Waals surface area contributed by atoms with Crippen LogP contribution in [0.1, 0.15) is 16.8 Å². The van der Waals surface area contributed by atoms with E-state index < -0.39 is 6.09 Å². The van der Waals surface area contributed by atoms with Gasteiger partial charge in [0.15, 0.2) is 5.69 Å². The first-order valence-corrected chi connectivity index (χ1v) is 6.16. The quantitative estimate of drug-likeness (QED) is 0.835. The molecule has 0 radical (unpaired) electrons. The normalized spacial score (nSPS) is 9.10. The Kier molecular flexibility index (Phi) is 4.97. The van der Waals surface area contributed by atoms with Crippen LogP contribution in [0.25, 0.3) is 0 Å². The molecular formula is C15H12N4O2. The number of nitrogens with one attached hydrogen (secondary N) is 2. The molecule has 0 fully saturated rings. The van der Waals surface area contributed by atoms with E-state index in [0.717, 1.165) is 5.56 Å². The van der Waals surface area contributed by atoms with Gasteiger partial charge in [-0.25, -0.2) is 4.79 Å². The van der Waals surface area contributed by atoms with Gasteiger partial charge in [0, 0.05) is 0 Å². The van der Waals surface area contributed by atoms with Crippen LogP contribution < -0.4 is 5.32 Å². The number of nitrogens with zero attached hydrogens (tertiary/aromatic N) is 2. The second-order valence-electron chi connectivity index (χ2n) is 3.99. The number of hydrogen-bond acceptors (Lipinski definition) is 4. The molecule has 0 saturated heterocycles. The molecule has 0 aliphatic carbocycles. The van der Waals surface area contributed by atoms with Crippen molar-refractivity contribution in [1.82, 2.24) is 15.5 Å². The Hall–Kier alpha value is -3.25. The molecule has 2 N–H and O–H groups in total. The van der Waals surface area contributed by atoms with E-state index in [1.165, 1.54) is 6.20 Å². The lowest BCUT2D eigenvalue weighted by Gasteiger charge is -2.04. The monoisotopic (exact) mass is 280 g/mol. The summed E-state index contributed by atoms with van der Waals surface area (Å²) in [4.78, 5) is 11.4. The van der Waals surface area contributed by atoms with Crippen LogP contribution in [0.4, 0.5) is 4.79 Å². The van der Waals surface area contributed by atoms with Crippen LogP contribution in [-0.4, -0.2) is 22.8 Å². The number of rotatable bonds is 3. The number of aromatic amines is 1. The van der Waals surface area contributed by atoms with Crippen molar-refractivity contribution in [2.75, 3.05) is 6.54 Å². The minimum atomic E-state index is -0.541. The number of ether oxygens (including phenoxy) is 1. The van der Waals surface area contributed by atoms with Gasteiger partial charge in [-0.2, -0.15) is 10.4 Å². The molecule has 1 aromatic heterocycles. The van der Waals surface area contributed by atoms with Crippen molar-refractivity contribution in [3.63, 3.8) is 0 Å². The Morgan fingerprint density at radius 3 is 2.95 bits per heavy atom. The fraction of sp³-hybridized carbons (Fsp3) is 0.133. The lowest BCUT2D eigenvalue weighted by molar-refractivity contribution is 0.141. The van der Waals surface area contributed by atoms with Crippen molar-refractivity contribution >= 4 is 6.09 Å². The van der Waals surface area contributed by atoms with E-state index in [9.17, 15) is 4.79 Å². The smallest absolute Gasteiger partial charge is 0.408 e. The van der Waals surface area contributed by atoms with Gasteiger partial charge in [0.2, 0.25) is 0 Å². The van der Waals surface area contributed by atoms with Gasteiger partial charge in [-0.1, -0.05) is 42.2 Å². The average Bonchev–Trinajstić information content (AvgIpc) is 2.98. The molecule has 0 aliphatic rings. The number of hydrogen-bond donors (Lipinski definition) is 2. The summed E-state index contributed by atoms with van der Waals surface area (Å²) in [6.07, 6.45) is 0.917. The van der Waals surface area contributed by atoms with E-state index in [1.54, 1.807) is 0 Å². The maximum absolute atomic E-state index is 11.4. The Morgan fingerprint density at radius 1 is 1.38 bits per heavy atom. The van der Waals surface area contributed by atoms with Gasteiger partial charge in [-0.3, -0.25) is 5.10 Å². The highest BCUT2D eigenvalue weighted by Crippen LogP contribution is 2.00. The third kappa shape index (κ3) is 4.41. The molecule has 0 spiro atoms. The summed E-state index contributed by atoms with van der Waals surface area (Å²) in [6, 6.07) is 11.3. The van der Waals surface area contributed by atoms with Gasteiger partial charge in [0.05, 0.1) is 18.3 Å². The topological polar surface area (TPSA) is 90.8 Å². The average molecular weight is 280 g/mol. The summed E-state index contributed by atoms with van der Waals surface area (Å²) in [5.74, 6) is 5.46. The second kappa shape index (κ2) is 7.37. The summed E-state index contributed by atoms with van der Waals surface area (Å²) >= 11 is 0. The number of H-pyrrole nitrogens is 1. The molecule has 1 amide bonds. The molecular weight excluding hydrogens is 268 g/mol. The van der Waals surface area contributed by atoms with E-state index >= 15 is 0 Å². The third-order valence-corrected chi connectivity index (χ3v) is 2.51. The van der Waals surface area contributed by atoms with Crippen LogP contribution in [0.5, 0.6) is 0 Å². The molecule has 1 heterocycles. The van der Waals surface area contributed by atoms with Crippen LogP contribution in [0.3, 0.4) is 0 Å². The van der Waals surface area contributed by atoms with Crippen molar-refractivity contribution in [3.8, 4) is 17.9 Å². The summed E-state index contributed by atoms with van der Waals surface area (Å²) in [7, 11) is 0. The Morgan fingerprint density at radius 2 is 2.19 bits per heavy atom. The van der Waals surface area contributed by atoms with Gasteiger partial charge in [-0.05, 0) is 5.56 Å². The molecule has 21 heavy (non-hydrogen) atoms. The van der Waals surface area contributed by atoms with Gasteiger partial charge < -0.3 is 10.1 Å². The number of nitriles is 1. The molecule has 0 atom stereocenters. The number of benzene rings is 1. The second-order valence-corrected chi connectivity index (χ2v) is 3.99. The molecule has 0 bridgehead atoms. The third-order valence-electron chi connectivity index (χ3n) is 2.51. The number of carbonyl (C=O) groups is 1. The number of amides is 1. The first kappa shape index (κ1) is 14.2. The minimum absolute atomic E-state index is 0.129. The fourth-order valence-corrected chi connectivity index (χ4v) is 1.50. The SMILES string of the molecule is N#Cc1[nH]ncc1C#CCNC(=O)OCc1ccccc1. The van der Waals surface area contributed by atoms with Crippen molar-refractivity contribution in [2.24, 2.45) is 0 Å². The van der Waals surface area contributed by atoms with Crippen LogP contribution in [-0.2, 0) is 11.3 Å². The van der Waals surface area contributed by atoms with E-state index in [4.69, 9.17) is 10.00 Å². The van der Waals surface area contributed by atoms with Crippen molar-refractivity contribution < 1.29 is 9.53 Å². The Bertz CT molecular complexity index is 705. The zero-order valence-corrected chi connectivity index (χ0v) is 11.1. The maximum Gasteiger partial charge on any atom is 0.408 e. The molecule has 1 aromatic carbocycles. The van der Waals surface area contributed by atoms with Gasteiger partial charge in [-0.15, -0.1) is 0 Å². The predicted octanol–water partition coefficient (Wildman–Crippen LogP) is 1.56. The van der Waals surface area contributed by atoms with Crippen molar-refractivity contribution in [2.45, 2.75) is 6.61 Å². The molecule has 6 heteroatoms. The first-order chi connectivity index (χ1) is 10.3. The molecule has 0 aliphatic heterocycles. The summed E-state index contributed by atoms with van der Waals surface area (Å²) in [5.41, 5.74) is 1.71. The molecule has 2 rings (SSSR count). The molecule has 0 saturated carbocycles. The Balaban J connectivity index is 1.74. The summed E-state index contributed by atoms with van der Waals surface area (Å²) in [6.45, 7) is 0.337. The zero-order chi connectivity index (χ0) is 14.9. The van der Waals surface area contributed by atoms with Gasteiger partial charge >= 0.3 is 6.09 Å². The van der Waals surface area contributed by atoms with E-state index in [2.05, 4.69) is 27.4 Å². The first-order valence-electron chi connectivity index (χ1n) is 6.16. The van der Waals surface area contributed by atoms with E-state index in [1.807, 2.05) is 36.4 Å². The lowest BCUT2D eigenvalue weighted by Crippen LogP contribution is -2.24.